The Morgan fingerprint density at radius 1 is 1.32 bits per heavy atom. The average molecular weight is 346 g/mol. The van der Waals surface area contributed by atoms with Crippen LogP contribution in [0.2, 0.25) is 0 Å². The van der Waals surface area contributed by atoms with Crippen molar-refractivity contribution in [1.82, 2.24) is 5.32 Å². The van der Waals surface area contributed by atoms with Gasteiger partial charge < -0.3 is 5.32 Å². The molecule has 0 amide bonds. The van der Waals surface area contributed by atoms with Gasteiger partial charge in [0.15, 0.2) is 0 Å². The fraction of sp³-hybridized carbons (Fsp3) is 0.750. The van der Waals surface area contributed by atoms with Crippen LogP contribution in [0.25, 0.3) is 0 Å². The van der Waals surface area contributed by atoms with Gasteiger partial charge in [0.25, 0.3) is 0 Å². The third kappa shape index (κ3) is 6.92. The highest BCUT2D eigenvalue weighted by atomic mass is 79.9. The molecular weight excluding hydrogens is 318 g/mol. The van der Waals surface area contributed by atoms with E-state index in [0.717, 1.165) is 12.5 Å². The lowest BCUT2D eigenvalue weighted by Gasteiger charge is -2.27. The van der Waals surface area contributed by atoms with Crippen molar-refractivity contribution in [3.8, 4) is 0 Å². The normalized spacial score (nSPS) is 15.5. The summed E-state index contributed by atoms with van der Waals surface area (Å²) in [5, 5.41) is 3.71. The van der Waals surface area contributed by atoms with Gasteiger partial charge in [-0.2, -0.15) is 0 Å². The molecule has 0 spiro atoms. The highest BCUT2D eigenvalue weighted by molar-refractivity contribution is 9.11. The van der Waals surface area contributed by atoms with Gasteiger partial charge in [-0.05, 0) is 65.2 Å². The first-order chi connectivity index (χ1) is 8.81. The molecule has 0 radical (unpaired) electrons. The van der Waals surface area contributed by atoms with E-state index in [2.05, 4.69) is 68.0 Å². The third-order valence-electron chi connectivity index (χ3n) is 3.18. The second-order valence-corrected chi connectivity index (χ2v) is 9.25. The molecule has 1 heterocycles. The lowest BCUT2D eigenvalue weighted by Crippen LogP contribution is -2.24. The topological polar surface area (TPSA) is 12.0 Å². The quantitative estimate of drug-likeness (QED) is 0.637. The van der Waals surface area contributed by atoms with E-state index < -0.39 is 0 Å². The first kappa shape index (κ1) is 17.2. The maximum atomic E-state index is 3.71. The van der Waals surface area contributed by atoms with Gasteiger partial charge in [0, 0.05) is 10.9 Å². The van der Waals surface area contributed by atoms with Crippen molar-refractivity contribution in [1.29, 1.82) is 0 Å². The first-order valence-electron chi connectivity index (χ1n) is 7.30. The molecule has 0 saturated heterocycles. The lowest BCUT2D eigenvalue weighted by atomic mass is 9.83. The molecular formula is C16H28BrNS. The minimum absolute atomic E-state index is 0.421. The zero-order chi connectivity index (χ0) is 14.5. The van der Waals surface area contributed by atoms with Crippen LogP contribution in [0.15, 0.2) is 15.9 Å². The second-order valence-electron chi connectivity index (χ2n) is 6.75. The van der Waals surface area contributed by atoms with Gasteiger partial charge in [0.1, 0.15) is 0 Å². The molecule has 0 fully saturated rings. The van der Waals surface area contributed by atoms with Crippen molar-refractivity contribution in [2.45, 2.75) is 59.9 Å². The highest BCUT2D eigenvalue weighted by Gasteiger charge is 2.20. The SMILES string of the molecule is CCCNC(CC(C)CC(C)(C)C)c1ccc(Br)s1. The van der Waals surface area contributed by atoms with E-state index >= 15 is 0 Å². The zero-order valence-electron chi connectivity index (χ0n) is 12.9. The van der Waals surface area contributed by atoms with E-state index in [-0.39, 0.29) is 0 Å². The largest absolute Gasteiger partial charge is 0.309 e. The maximum Gasteiger partial charge on any atom is 0.0701 e. The van der Waals surface area contributed by atoms with E-state index in [1.54, 1.807) is 0 Å². The number of hydrogen-bond donors (Lipinski definition) is 1. The standard InChI is InChI=1S/C16H28BrNS/c1-6-9-18-13(14-7-8-15(17)19-14)10-12(2)11-16(3,4)5/h7-8,12-13,18H,6,9-11H2,1-5H3. The molecule has 1 N–H and O–H groups in total. The van der Waals surface area contributed by atoms with E-state index in [1.807, 2.05) is 11.3 Å². The summed E-state index contributed by atoms with van der Waals surface area (Å²) in [4.78, 5) is 1.46. The molecule has 0 saturated carbocycles. The Bertz CT molecular complexity index is 367. The molecule has 3 heteroatoms. The molecule has 110 valence electrons. The Morgan fingerprint density at radius 3 is 2.47 bits per heavy atom. The predicted octanol–water partition coefficient (Wildman–Crippen LogP) is 6.01. The lowest BCUT2D eigenvalue weighted by molar-refractivity contribution is 0.277. The van der Waals surface area contributed by atoms with E-state index in [4.69, 9.17) is 0 Å². The minimum Gasteiger partial charge on any atom is -0.309 e. The van der Waals surface area contributed by atoms with Crippen LogP contribution in [-0.4, -0.2) is 6.54 Å². The molecule has 2 unspecified atom stereocenters. The van der Waals surface area contributed by atoms with Gasteiger partial charge in [-0.25, -0.2) is 0 Å². The smallest absolute Gasteiger partial charge is 0.0701 e. The summed E-state index contributed by atoms with van der Waals surface area (Å²) in [6, 6.07) is 4.93. The van der Waals surface area contributed by atoms with Crippen molar-refractivity contribution in [2.24, 2.45) is 11.3 Å². The van der Waals surface area contributed by atoms with Gasteiger partial charge in [0.05, 0.1) is 3.79 Å². The first-order valence-corrected chi connectivity index (χ1v) is 8.91. The molecule has 1 nitrogen and oxygen atoms in total. The minimum atomic E-state index is 0.421. The van der Waals surface area contributed by atoms with Crippen LogP contribution in [0.5, 0.6) is 0 Å². The fourth-order valence-electron chi connectivity index (χ4n) is 2.67. The molecule has 0 bridgehead atoms. The summed E-state index contributed by atoms with van der Waals surface area (Å²) in [5.41, 5.74) is 0.421. The molecule has 0 aliphatic carbocycles. The maximum absolute atomic E-state index is 3.71. The van der Waals surface area contributed by atoms with Crippen molar-refractivity contribution < 1.29 is 0 Å². The van der Waals surface area contributed by atoms with Crippen LogP contribution >= 0.6 is 27.3 Å². The van der Waals surface area contributed by atoms with E-state index in [9.17, 15) is 0 Å². The van der Waals surface area contributed by atoms with Crippen molar-refractivity contribution in [3.05, 3.63) is 20.8 Å². The summed E-state index contributed by atoms with van der Waals surface area (Å²) in [6.07, 6.45) is 3.70. The van der Waals surface area contributed by atoms with Gasteiger partial charge in [0.2, 0.25) is 0 Å². The summed E-state index contributed by atoms with van der Waals surface area (Å²) in [7, 11) is 0. The third-order valence-corrected chi connectivity index (χ3v) is 4.91. The summed E-state index contributed by atoms with van der Waals surface area (Å²) in [5.74, 6) is 0.746. The molecule has 2 atom stereocenters. The van der Waals surface area contributed by atoms with Crippen molar-refractivity contribution >= 4 is 27.3 Å². The number of nitrogens with one attached hydrogen (secondary N) is 1. The molecule has 0 aliphatic heterocycles. The van der Waals surface area contributed by atoms with Crippen LogP contribution in [0.1, 0.15) is 64.8 Å². The Balaban J connectivity index is 2.64. The van der Waals surface area contributed by atoms with Crippen LogP contribution < -0.4 is 5.32 Å². The summed E-state index contributed by atoms with van der Waals surface area (Å²) < 4.78 is 1.23. The number of thiophene rings is 1. The van der Waals surface area contributed by atoms with Crippen LogP contribution in [-0.2, 0) is 0 Å². The average Bonchev–Trinajstić information content (AvgIpc) is 2.68. The molecule has 1 aromatic rings. The Kier molecular flexibility index (Phi) is 7.06. The van der Waals surface area contributed by atoms with Crippen molar-refractivity contribution in [2.75, 3.05) is 6.54 Å². The number of rotatable bonds is 7. The summed E-state index contributed by atoms with van der Waals surface area (Å²) in [6.45, 7) is 12.7. The highest BCUT2D eigenvalue weighted by Crippen LogP contribution is 2.34. The Labute approximate surface area is 131 Å². The molecule has 1 rings (SSSR count). The zero-order valence-corrected chi connectivity index (χ0v) is 15.3. The van der Waals surface area contributed by atoms with E-state index in [1.165, 1.54) is 27.9 Å². The van der Waals surface area contributed by atoms with E-state index in [0.29, 0.717) is 11.5 Å². The Morgan fingerprint density at radius 2 is 2.00 bits per heavy atom. The summed E-state index contributed by atoms with van der Waals surface area (Å²) >= 11 is 5.43. The molecule has 0 aromatic carbocycles. The van der Waals surface area contributed by atoms with Gasteiger partial charge in [-0.3, -0.25) is 0 Å². The molecule has 1 aromatic heterocycles. The predicted molar refractivity (Wildman–Crippen MR) is 90.9 cm³/mol. The fourth-order valence-corrected chi connectivity index (χ4v) is 4.18. The molecule has 0 aliphatic rings. The second kappa shape index (κ2) is 7.80. The monoisotopic (exact) mass is 345 g/mol. The number of hydrogen-bond acceptors (Lipinski definition) is 2. The number of halogens is 1. The molecule has 19 heavy (non-hydrogen) atoms. The van der Waals surface area contributed by atoms with Gasteiger partial charge in [-0.15, -0.1) is 11.3 Å². The van der Waals surface area contributed by atoms with Crippen LogP contribution in [0.4, 0.5) is 0 Å². The Hall–Kier alpha value is 0.140. The van der Waals surface area contributed by atoms with Gasteiger partial charge >= 0.3 is 0 Å². The van der Waals surface area contributed by atoms with Crippen molar-refractivity contribution in [3.63, 3.8) is 0 Å². The van der Waals surface area contributed by atoms with Crippen LogP contribution in [0.3, 0.4) is 0 Å². The van der Waals surface area contributed by atoms with Crippen LogP contribution in [0, 0.1) is 11.3 Å². The van der Waals surface area contributed by atoms with Gasteiger partial charge in [-0.1, -0.05) is 34.6 Å².